The molecule has 22 heavy (non-hydrogen) atoms. The van der Waals surface area contributed by atoms with E-state index in [1.54, 1.807) is 36.2 Å². The molecule has 0 fully saturated rings. The molecule has 0 saturated heterocycles. The molecule has 2 aromatic carbocycles. The van der Waals surface area contributed by atoms with Crippen molar-refractivity contribution in [3.63, 3.8) is 0 Å². The highest BCUT2D eigenvalue weighted by atomic mass is 16.2. The number of amides is 3. The van der Waals surface area contributed by atoms with Crippen LogP contribution in [0.4, 0.5) is 10.5 Å². The number of hydrogen-bond acceptors (Lipinski definition) is 2. The third kappa shape index (κ3) is 3.63. The molecule has 0 unspecified atom stereocenters. The Bertz CT molecular complexity index is 671. The molecule has 0 spiro atoms. The van der Waals surface area contributed by atoms with Gasteiger partial charge < -0.3 is 16.0 Å². The van der Waals surface area contributed by atoms with Crippen molar-refractivity contribution >= 4 is 17.6 Å². The van der Waals surface area contributed by atoms with Crippen LogP contribution in [0.2, 0.25) is 0 Å². The highest BCUT2D eigenvalue weighted by Gasteiger charge is 2.19. The molecule has 0 saturated carbocycles. The molecule has 1 atom stereocenters. The lowest BCUT2D eigenvalue weighted by Gasteiger charge is -2.25. The lowest BCUT2D eigenvalue weighted by Crippen LogP contribution is -2.29. The molecule has 114 valence electrons. The quantitative estimate of drug-likeness (QED) is 0.910. The zero-order valence-electron chi connectivity index (χ0n) is 12.6. The maximum Gasteiger partial charge on any atom is 0.316 e. The van der Waals surface area contributed by atoms with Crippen LogP contribution in [-0.4, -0.2) is 23.9 Å². The standard InChI is InChI=1S/C17H19N3O2/c1-12(13-7-4-3-5-8-13)20(2)16(21)14-9-6-10-15(11-14)19-17(18)22/h3-12H,1-2H3,(H3,18,19,22)/t12-/m0/s1. The minimum atomic E-state index is -0.657. The van der Waals surface area contributed by atoms with Gasteiger partial charge in [-0.3, -0.25) is 4.79 Å². The largest absolute Gasteiger partial charge is 0.351 e. The van der Waals surface area contributed by atoms with Gasteiger partial charge in [0, 0.05) is 18.3 Å². The second-order valence-electron chi connectivity index (χ2n) is 5.07. The molecule has 3 N–H and O–H groups in total. The minimum absolute atomic E-state index is 0.0542. The molecule has 0 bridgehead atoms. The van der Waals surface area contributed by atoms with E-state index in [0.717, 1.165) is 5.56 Å². The average molecular weight is 297 g/mol. The number of urea groups is 1. The Labute approximate surface area is 129 Å². The van der Waals surface area contributed by atoms with Gasteiger partial charge in [0.25, 0.3) is 5.91 Å². The number of anilines is 1. The van der Waals surface area contributed by atoms with Crippen LogP contribution < -0.4 is 11.1 Å². The summed E-state index contributed by atoms with van der Waals surface area (Å²) in [6.07, 6.45) is 0. The highest BCUT2D eigenvalue weighted by Crippen LogP contribution is 2.21. The Morgan fingerprint density at radius 2 is 1.77 bits per heavy atom. The summed E-state index contributed by atoms with van der Waals surface area (Å²) in [5.74, 6) is -0.121. The topological polar surface area (TPSA) is 75.4 Å². The van der Waals surface area contributed by atoms with E-state index in [9.17, 15) is 9.59 Å². The molecule has 0 aliphatic heterocycles. The number of benzene rings is 2. The Hall–Kier alpha value is -2.82. The number of nitrogens with zero attached hydrogens (tertiary/aromatic N) is 1. The monoisotopic (exact) mass is 297 g/mol. The summed E-state index contributed by atoms with van der Waals surface area (Å²) in [5, 5.41) is 2.47. The fourth-order valence-corrected chi connectivity index (χ4v) is 2.21. The molecular weight excluding hydrogens is 278 g/mol. The van der Waals surface area contributed by atoms with E-state index < -0.39 is 6.03 Å². The molecule has 0 aromatic heterocycles. The van der Waals surface area contributed by atoms with Crippen LogP contribution in [-0.2, 0) is 0 Å². The van der Waals surface area contributed by atoms with Gasteiger partial charge in [-0.2, -0.15) is 0 Å². The summed E-state index contributed by atoms with van der Waals surface area (Å²) >= 11 is 0. The molecule has 5 heteroatoms. The third-order valence-electron chi connectivity index (χ3n) is 3.56. The van der Waals surface area contributed by atoms with Crippen molar-refractivity contribution in [2.24, 2.45) is 5.73 Å². The lowest BCUT2D eigenvalue weighted by molar-refractivity contribution is 0.0742. The number of primary amides is 1. The molecule has 2 aromatic rings. The third-order valence-corrected chi connectivity index (χ3v) is 3.56. The first kappa shape index (κ1) is 15.6. The zero-order valence-corrected chi connectivity index (χ0v) is 12.6. The van der Waals surface area contributed by atoms with Crippen LogP contribution in [0.1, 0.15) is 28.9 Å². The number of nitrogens with one attached hydrogen (secondary N) is 1. The Kier molecular flexibility index (Phi) is 4.78. The predicted octanol–water partition coefficient (Wildman–Crippen LogP) is 3.01. The van der Waals surface area contributed by atoms with Crippen LogP contribution in [0.3, 0.4) is 0 Å². The second kappa shape index (κ2) is 6.76. The molecule has 0 aliphatic rings. The van der Waals surface area contributed by atoms with E-state index >= 15 is 0 Å². The highest BCUT2D eigenvalue weighted by molar-refractivity contribution is 5.96. The van der Waals surface area contributed by atoms with Gasteiger partial charge in [0.15, 0.2) is 0 Å². The number of nitrogens with two attached hydrogens (primary N) is 1. The van der Waals surface area contributed by atoms with Crippen LogP contribution >= 0.6 is 0 Å². The normalized spacial score (nSPS) is 11.5. The molecule has 3 amide bonds. The van der Waals surface area contributed by atoms with Crippen molar-refractivity contribution < 1.29 is 9.59 Å². The summed E-state index contributed by atoms with van der Waals surface area (Å²) in [4.78, 5) is 25.1. The van der Waals surface area contributed by atoms with Crippen molar-refractivity contribution in [1.82, 2.24) is 4.90 Å². The number of carbonyl (C=O) groups is 2. The molecule has 0 heterocycles. The smallest absolute Gasteiger partial charge is 0.316 e. The summed E-state index contributed by atoms with van der Waals surface area (Å²) in [7, 11) is 1.76. The molecule has 0 aliphatic carbocycles. The molecule has 2 rings (SSSR count). The number of hydrogen-bond donors (Lipinski definition) is 2. The van der Waals surface area contributed by atoms with Gasteiger partial charge in [0.2, 0.25) is 0 Å². The van der Waals surface area contributed by atoms with Crippen LogP contribution in [0.25, 0.3) is 0 Å². The average Bonchev–Trinajstić information content (AvgIpc) is 2.53. The number of carbonyl (C=O) groups excluding carboxylic acids is 2. The zero-order chi connectivity index (χ0) is 16.1. The van der Waals surface area contributed by atoms with E-state index in [4.69, 9.17) is 5.73 Å². The van der Waals surface area contributed by atoms with Crippen molar-refractivity contribution in [2.75, 3.05) is 12.4 Å². The Balaban J connectivity index is 2.18. The van der Waals surface area contributed by atoms with E-state index in [0.29, 0.717) is 11.3 Å². The first-order valence-corrected chi connectivity index (χ1v) is 6.97. The number of rotatable bonds is 4. The van der Waals surface area contributed by atoms with E-state index in [-0.39, 0.29) is 11.9 Å². The molecule has 5 nitrogen and oxygen atoms in total. The lowest BCUT2D eigenvalue weighted by atomic mass is 10.1. The maximum absolute atomic E-state index is 12.6. The summed E-state index contributed by atoms with van der Waals surface area (Å²) in [6, 6.07) is 15.8. The SMILES string of the molecule is C[C@@H](c1ccccc1)N(C)C(=O)c1cccc(NC(N)=O)c1. The van der Waals surface area contributed by atoms with Gasteiger partial charge in [-0.1, -0.05) is 36.4 Å². The van der Waals surface area contributed by atoms with Gasteiger partial charge in [-0.15, -0.1) is 0 Å². The Morgan fingerprint density at radius 3 is 2.41 bits per heavy atom. The van der Waals surface area contributed by atoms with Crippen LogP contribution in [0, 0.1) is 0 Å². The van der Waals surface area contributed by atoms with Gasteiger partial charge in [0.05, 0.1) is 6.04 Å². The van der Waals surface area contributed by atoms with Crippen molar-refractivity contribution in [1.29, 1.82) is 0 Å². The minimum Gasteiger partial charge on any atom is -0.351 e. The van der Waals surface area contributed by atoms with Crippen LogP contribution in [0.15, 0.2) is 54.6 Å². The van der Waals surface area contributed by atoms with Gasteiger partial charge >= 0.3 is 6.03 Å². The van der Waals surface area contributed by atoms with Crippen molar-refractivity contribution in [2.45, 2.75) is 13.0 Å². The van der Waals surface area contributed by atoms with Gasteiger partial charge in [0.1, 0.15) is 0 Å². The van der Waals surface area contributed by atoms with Crippen molar-refractivity contribution in [3.8, 4) is 0 Å². The summed E-state index contributed by atoms with van der Waals surface area (Å²) < 4.78 is 0. The maximum atomic E-state index is 12.6. The van der Waals surface area contributed by atoms with E-state index in [1.807, 2.05) is 37.3 Å². The van der Waals surface area contributed by atoms with Crippen molar-refractivity contribution in [3.05, 3.63) is 65.7 Å². The summed E-state index contributed by atoms with van der Waals surface area (Å²) in [6.45, 7) is 1.97. The fraction of sp³-hybridized carbons (Fsp3) is 0.176. The molecular formula is C17H19N3O2. The Morgan fingerprint density at radius 1 is 1.09 bits per heavy atom. The van der Waals surface area contributed by atoms with Gasteiger partial charge in [-0.25, -0.2) is 4.79 Å². The van der Waals surface area contributed by atoms with E-state index in [2.05, 4.69) is 5.32 Å². The van der Waals surface area contributed by atoms with Crippen LogP contribution in [0.5, 0.6) is 0 Å². The first-order valence-electron chi connectivity index (χ1n) is 6.97. The molecule has 0 radical (unpaired) electrons. The second-order valence-corrected chi connectivity index (χ2v) is 5.07. The van der Waals surface area contributed by atoms with E-state index in [1.165, 1.54) is 0 Å². The fourth-order valence-electron chi connectivity index (χ4n) is 2.21. The predicted molar refractivity (Wildman–Crippen MR) is 86.6 cm³/mol. The summed E-state index contributed by atoms with van der Waals surface area (Å²) in [5.41, 5.74) is 7.15. The first-order chi connectivity index (χ1) is 10.5. The van der Waals surface area contributed by atoms with Gasteiger partial charge in [-0.05, 0) is 30.7 Å².